The third kappa shape index (κ3) is 1.53. The van der Waals surface area contributed by atoms with Crippen molar-refractivity contribution in [3.63, 3.8) is 0 Å². The van der Waals surface area contributed by atoms with Crippen LogP contribution in [0.4, 0.5) is 0 Å². The quantitative estimate of drug-likeness (QED) is 0.795. The molecule has 2 atom stereocenters. The molecule has 20 heavy (non-hydrogen) atoms. The van der Waals surface area contributed by atoms with Gasteiger partial charge < -0.3 is 10.1 Å². The summed E-state index contributed by atoms with van der Waals surface area (Å²) in [5.41, 5.74) is 5.60. The highest BCUT2D eigenvalue weighted by Crippen LogP contribution is 2.51. The highest BCUT2D eigenvalue weighted by atomic mass is 16.5. The molecule has 2 bridgehead atoms. The lowest BCUT2D eigenvalue weighted by molar-refractivity contribution is 0.307. The Morgan fingerprint density at radius 1 is 1.40 bits per heavy atom. The minimum absolute atomic E-state index is 0.00535. The second-order valence-corrected chi connectivity index (χ2v) is 6.13. The molecule has 1 aliphatic heterocycles. The van der Waals surface area contributed by atoms with Gasteiger partial charge in [-0.1, -0.05) is 17.7 Å². The van der Waals surface area contributed by atoms with E-state index in [-0.39, 0.29) is 5.54 Å². The number of hydrogen-bond donors (Lipinski definition) is 1. The Kier molecular flexibility index (Phi) is 2.55. The molecular weight excluding hydrogens is 248 g/mol. The lowest BCUT2D eigenvalue weighted by Crippen LogP contribution is -2.53. The highest BCUT2D eigenvalue weighted by Gasteiger charge is 2.47. The smallest absolute Gasteiger partial charge is 0.213 e. The maximum atomic E-state index is 5.30. The predicted octanol–water partition coefficient (Wildman–Crippen LogP) is 2.73. The van der Waals surface area contributed by atoms with Gasteiger partial charge in [-0.05, 0) is 43.5 Å². The molecule has 0 saturated heterocycles. The Labute approximate surface area is 119 Å². The van der Waals surface area contributed by atoms with Gasteiger partial charge in [0.05, 0.1) is 18.3 Å². The molecule has 3 heteroatoms. The Morgan fingerprint density at radius 3 is 3.15 bits per heavy atom. The van der Waals surface area contributed by atoms with Gasteiger partial charge in [0.15, 0.2) is 0 Å². The Bertz CT molecular complexity index is 632. The van der Waals surface area contributed by atoms with Crippen LogP contribution in [-0.4, -0.2) is 18.6 Å². The fourth-order valence-electron chi connectivity index (χ4n) is 4.19. The average molecular weight is 268 g/mol. The van der Waals surface area contributed by atoms with Crippen LogP contribution in [0.5, 0.6) is 5.88 Å². The molecular formula is C17H20N2O. The van der Waals surface area contributed by atoms with E-state index in [1.54, 1.807) is 12.7 Å². The zero-order chi connectivity index (χ0) is 13.7. The molecule has 0 unspecified atom stereocenters. The molecule has 0 saturated carbocycles. The van der Waals surface area contributed by atoms with Gasteiger partial charge in [0.1, 0.15) is 0 Å². The summed E-state index contributed by atoms with van der Waals surface area (Å²) in [5, 5.41) is 3.80. The SMILES string of the molecule is COc1ccc2c(n1)C[C@H]1C=C(C)C[C@@]23NCCC=C13. The minimum Gasteiger partial charge on any atom is -0.481 e. The minimum atomic E-state index is -0.00535. The lowest BCUT2D eigenvalue weighted by Gasteiger charge is -2.50. The summed E-state index contributed by atoms with van der Waals surface area (Å²) in [6, 6.07) is 4.21. The van der Waals surface area contributed by atoms with Crippen LogP contribution in [0, 0.1) is 5.92 Å². The summed E-state index contributed by atoms with van der Waals surface area (Å²) in [6.45, 7) is 3.30. The van der Waals surface area contributed by atoms with Crippen LogP contribution in [0.2, 0.25) is 0 Å². The number of pyridine rings is 1. The monoisotopic (exact) mass is 268 g/mol. The van der Waals surface area contributed by atoms with Crippen molar-refractivity contribution in [3.05, 3.63) is 46.7 Å². The third-order valence-electron chi connectivity index (χ3n) is 4.89. The first-order valence-electron chi connectivity index (χ1n) is 7.40. The van der Waals surface area contributed by atoms with E-state index in [0.29, 0.717) is 5.92 Å². The van der Waals surface area contributed by atoms with Crippen LogP contribution in [0.25, 0.3) is 0 Å². The number of rotatable bonds is 1. The number of ether oxygens (including phenoxy) is 1. The number of aromatic nitrogens is 1. The maximum absolute atomic E-state index is 5.30. The Balaban J connectivity index is 1.94. The molecule has 1 aromatic rings. The molecule has 3 aliphatic rings. The molecule has 0 fully saturated rings. The molecule has 2 aliphatic carbocycles. The number of nitrogens with zero attached hydrogens (tertiary/aromatic N) is 1. The molecule has 1 aromatic heterocycles. The first-order chi connectivity index (χ1) is 9.73. The number of allylic oxidation sites excluding steroid dienone is 1. The molecule has 0 amide bonds. The van der Waals surface area contributed by atoms with Gasteiger partial charge in [-0.25, -0.2) is 4.98 Å². The summed E-state index contributed by atoms with van der Waals surface area (Å²) in [5.74, 6) is 1.23. The number of methoxy groups -OCH3 is 1. The summed E-state index contributed by atoms with van der Waals surface area (Å²) in [6.07, 6.45) is 8.09. The highest BCUT2D eigenvalue weighted by molar-refractivity contribution is 5.51. The fourth-order valence-corrected chi connectivity index (χ4v) is 4.19. The van der Waals surface area contributed by atoms with Gasteiger partial charge >= 0.3 is 0 Å². The molecule has 0 aromatic carbocycles. The first kappa shape index (κ1) is 12.2. The van der Waals surface area contributed by atoms with Crippen LogP contribution >= 0.6 is 0 Å². The van der Waals surface area contributed by atoms with E-state index in [1.807, 2.05) is 6.07 Å². The van der Waals surface area contributed by atoms with Gasteiger partial charge in [-0.2, -0.15) is 0 Å². The molecule has 0 radical (unpaired) electrons. The van der Waals surface area contributed by atoms with Crippen molar-refractivity contribution in [2.75, 3.05) is 13.7 Å². The third-order valence-corrected chi connectivity index (χ3v) is 4.89. The van der Waals surface area contributed by atoms with Crippen molar-refractivity contribution in [2.45, 2.75) is 31.7 Å². The van der Waals surface area contributed by atoms with E-state index in [0.717, 1.165) is 31.7 Å². The zero-order valence-electron chi connectivity index (χ0n) is 12.1. The van der Waals surface area contributed by atoms with Crippen LogP contribution in [0.3, 0.4) is 0 Å². The van der Waals surface area contributed by atoms with E-state index < -0.39 is 0 Å². The Hall–Kier alpha value is -1.61. The number of nitrogens with one attached hydrogen (secondary N) is 1. The van der Waals surface area contributed by atoms with Gasteiger partial charge in [-0.15, -0.1) is 0 Å². The van der Waals surface area contributed by atoms with Crippen molar-refractivity contribution in [1.29, 1.82) is 0 Å². The molecule has 4 rings (SSSR count). The first-order valence-corrected chi connectivity index (χ1v) is 7.40. The van der Waals surface area contributed by atoms with Crippen molar-refractivity contribution in [1.82, 2.24) is 10.3 Å². The van der Waals surface area contributed by atoms with Crippen molar-refractivity contribution >= 4 is 0 Å². The molecule has 104 valence electrons. The van der Waals surface area contributed by atoms with E-state index >= 15 is 0 Å². The molecule has 0 spiro atoms. The largest absolute Gasteiger partial charge is 0.481 e. The summed E-state index contributed by atoms with van der Waals surface area (Å²) >= 11 is 0. The topological polar surface area (TPSA) is 34.1 Å². The van der Waals surface area contributed by atoms with Gasteiger partial charge in [0.2, 0.25) is 5.88 Å². The number of fused-ring (bicyclic) bond motifs is 1. The van der Waals surface area contributed by atoms with Crippen molar-refractivity contribution in [2.24, 2.45) is 5.92 Å². The van der Waals surface area contributed by atoms with Gasteiger partial charge in [0.25, 0.3) is 0 Å². The van der Waals surface area contributed by atoms with E-state index in [2.05, 4.69) is 30.5 Å². The van der Waals surface area contributed by atoms with Crippen LogP contribution in [0.1, 0.15) is 31.0 Å². The molecule has 2 heterocycles. The average Bonchev–Trinajstić information content (AvgIpc) is 2.46. The fraction of sp³-hybridized carbons (Fsp3) is 0.471. The summed E-state index contributed by atoms with van der Waals surface area (Å²) < 4.78 is 5.30. The maximum Gasteiger partial charge on any atom is 0.213 e. The van der Waals surface area contributed by atoms with E-state index in [1.165, 1.54) is 16.8 Å². The van der Waals surface area contributed by atoms with Crippen LogP contribution < -0.4 is 10.1 Å². The van der Waals surface area contributed by atoms with Crippen molar-refractivity contribution < 1.29 is 4.74 Å². The van der Waals surface area contributed by atoms with Crippen molar-refractivity contribution in [3.8, 4) is 5.88 Å². The Morgan fingerprint density at radius 2 is 2.30 bits per heavy atom. The standard InChI is InChI=1S/C17H20N2O/c1-11-8-12-9-15-14(5-6-16(19-15)20-2)17(10-11)13(12)4-3-7-18-17/h4-6,8,12,18H,3,7,9-10H2,1-2H3/t12-,17+/m1/s1. The predicted molar refractivity (Wildman–Crippen MR) is 78.7 cm³/mol. The van der Waals surface area contributed by atoms with E-state index in [9.17, 15) is 0 Å². The van der Waals surface area contributed by atoms with Crippen LogP contribution in [0.15, 0.2) is 35.4 Å². The summed E-state index contributed by atoms with van der Waals surface area (Å²) in [4.78, 5) is 4.71. The lowest BCUT2D eigenvalue weighted by atomic mass is 9.62. The second kappa shape index (κ2) is 4.19. The van der Waals surface area contributed by atoms with Crippen LogP contribution in [-0.2, 0) is 12.0 Å². The molecule has 3 nitrogen and oxygen atoms in total. The second-order valence-electron chi connectivity index (χ2n) is 6.13. The van der Waals surface area contributed by atoms with E-state index in [4.69, 9.17) is 9.72 Å². The zero-order valence-corrected chi connectivity index (χ0v) is 12.1. The number of hydrogen-bond acceptors (Lipinski definition) is 3. The molecule has 1 N–H and O–H groups in total. The van der Waals surface area contributed by atoms with Gasteiger partial charge in [-0.3, -0.25) is 0 Å². The van der Waals surface area contributed by atoms with Gasteiger partial charge in [0, 0.05) is 18.4 Å². The normalized spacial score (nSPS) is 30.8. The summed E-state index contributed by atoms with van der Waals surface area (Å²) in [7, 11) is 1.69.